The summed E-state index contributed by atoms with van der Waals surface area (Å²) in [5, 5.41) is 0.360. The van der Waals surface area contributed by atoms with E-state index in [0.717, 1.165) is 21.0 Å². The number of hydrogen-bond acceptors (Lipinski definition) is 3. The number of urea groups is 1. The number of carbonyl (C=O) groups is 1. The highest BCUT2D eigenvalue weighted by Crippen LogP contribution is 2.39. The molecule has 7 heteroatoms. The Hall–Kier alpha value is -2.83. The Bertz CT molecular complexity index is 1270. The lowest BCUT2D eigenvalue weighted by molar-refractivity contribution is 0.253. The maximum absolute atomic E-state index is 13.6. The van der Waals surface area contributed by atoms with Crippen LogP contribution >= 0.6 is 11.6 Å². The minimum absolute atomic E-state index is 0.0919. The molecule has 0 radical (unpaired) electrons. The Morgan fingerprint density at radius 3 is 2.33 bits per heavy atom. The van der Waals surface area contributed by atoms with E-state index in [1.165, 1.54) is 17.0 Å². The number of rotatable bonds is 3. The number of fused-ring (bicyclic) bond motifs is 1. The van der Waals surface area contributed by atoms with Crippen molar-refractivity contribution < 1.29 is 13.2 Å². The lowest BCUT2D eigenvalue weighted by Gasteiger charge is -2.37. The number of sulfonamides is 1. The van der Waals surface area contributed by atoms with Gasteiger partial charge in [0.1, 0.15) is 4.90 Å². The third-order valence-corrected chi connectivity index (χ3v) is 7.27. The fourth-order valence-electron chi connectivity index (χ4n) is 3.64. The molecule has 0 unspecified atom stereocenters. The lowest BCUT2D eigenvalue weighted by atomic mass is 10.0. The van der Waals surface area contributed by atoms with Crippen molar-refractivity contribution in [2.45, 2.75) is 32.2 Å². The van der Waals surface area contributed by atoms with E-state index >= 15 is 0 Å². The molecule has 154 valence electrons. The van der Waals surface area contributed by atoms with Crippen molar-refractivity contribution >= 4 is 39.0 Å². The van der Waals surface area contributed by atoms with Gasteiger partial charge in [-0.1, -0.05) is 53.6 Å². The van der Waals surface area contributed by atoms with E-state index in [1.54, 1.807) is 37.3 Å². The van der Waals surface area contributed by atoms with Gasteiger partial charge in [0, 0.05) is 5.02 Å². The van der Waals surface area contributed by atoms with E-state index in [-0.39, 0.29) is 17.1 Å². The lowest BCUT2D eigenvalue weighted by Crippen LogP contribution is -2.51. The largest absolute Gasteiger partial charge is 0.343 e. The number of hydrogen-bond donors (Lipinski definition) is 0. The zero-order chi connectivity index (χ0) is 21.6. The second-order valence-electron chi connectivity index (χ2n) is 7.47. The summed E-state index contributed by atoms with van der Waals surface area (Å²) in [5.74, 6) is 0. The molecule has 2 amide bonds. The first-order chi connectivity index (χ1) is 14.2. The third kappa shape index (κ3) is 3.36. The zero-order valence-corrected chi connectivity index (χ0v) is 18.5. The fraction of sp³-hybridized carbons (Fsp3) is 0.174. The molecule has 3 aromatic carbocycles. The van der Waals surface area contributed by atoms with Gasteiger partial charge in [0.25, 0.3) is 10.0 Å². The average Bonchev–Trinajstić information content (AvgIpc) is 2.70. The molecule has 0 fully saturated rings. The molecular formula is C23H21ClN2O3S. The fourth-order valence-corrected chi connectivity index (χ4v) is 5.46. The number of para-hydroxylation sites is 1. The molecule has 3 aromatic rings. The van der Waals surface area contributed by atoms with E-state index in [9.17, 15) is 13.2 Å². The Labute approximate surface area is 181 Å². The van der Waals surface area contributed by atoms with Crippen molar-refractivity contribution in [2.24, 2.45) is 0 Å². The van der Waals surface area contributed by atoms with Crippen LogP contribution < -0.4 is 9.21 Å². The first-order valence-corrected chi connectivity index (χ1v) is 11.3. The molecule has 1 heterocycles. The summed E-state index contributed by atoms with van der Waals surface area (Å²) in [6.07, 6.45) is 0. The van der Waals surface area contributed by atoms with Crippen LogP contribution in [-0.2, 0) is 16.6 Å². The second-order valence-corrected chi connectivity index (χ2v) is 9.66. The molecule has 4 rings (SSSR count). The van der Waals surface area contributed by atoms with E-state index < -0.39 is 16.1 Å². The van der Waals surface area contributed by atoms with E-state index in [0.29, 0.717) is 16.3 Å². The van der Waals surface area contributed by atoms with Crippen LogP contribution in [0.1, 0.15) is 22.3 Å². The normalized spacial score (nSPS) is 15.3. The van der Waals surface area contributed by atoms with Crippen LogP contribution in [0.25, 0.3) is 0 Å². The molecule has 0 bridgehead atoms. The molecular weight excluding hydrogens is 420 g/mol. The number of benzene rings is 3. The summed E-state index contributed by atoms with van der Waals surface area (Å²) in [6.45, 7) is 5.98. The molecule has 0 spiro atoms. The molecule has 0 aromatic heterocycles. The van der Waals surface area contributed by atoms with Gasteiger partial charge in [-0.2, -0.15) is 4.31 Å². The number of aryl methyl sites for hydroxylation is 3. The van der Waals surface area contributed by atoms with Gasteiger partial charge in [-0.25, -0.2) is 13.2 Å². The van der Waals surface area contributed by atoms with Crippen molar-refractivity contribution in [2.75, 3.05) is 9.21 Å². The Kier molecular flexibility index (Phi) is 5.08. The third-order valence-electron chi connectivity index (χ3n) is 5.30. The molecule has 30 heavy (non-hydrogen) atoms. The van der Waals surface area contributed by atoms with Crippen LogP contribution in [0.4, 0.5) is 16.2 Å². The van der Waals surface area contributed by atoms with Gasteiger partial charge >= 0.3 is 6.03 Å². The van der Waals surface area contributed by atoms with Crippen LogP contribution in [0.2, 0.25) is 5.02 Å². The van der Waals surface area contributed by atoms with Crippen LogP contribution in [-0.4, -0.2) is 14.4 Å². The van der Waals surface area contributed by atoms with Crippen molar-refractivity contribution in [1.82, 2.24) is 0 Å². The number of halogens is 1. The van der Waals surface area contributed by atoms with Crippen molar-refractivity contribution in [1.29, 1.82) is 0 Å². The van der Waals surface area contributed by atoms with Gasteiger partial charge in [-0.15, -0.1) is 0 Å². The summed E-state index contributed by atoms with van der Waals surface area (Å²) in [6, 6.07) is 16.9. The quantitative estimate of drug-likeness (QED) is 0.532. The van der Waals surface area contributed by atoms with Gasteiger partial charge in [-0.3, -0.25) is 4.90 Å². The molecule has 1 aliphatic rings. The smallest absolute Gasteiger partial charge is 0.287 e. The highest BCUT2D eigenvalue weighted by molar-refractivity contribution is 7.94. The van der Waals surface area contributed by atoms with Crippen LogP contribution in [0, 0.1) is 20.8 Å². The zero-order valence-electron chi connectivity index (χ0n) is 16.9. The molecule has 0 saturated heterocycles. The average molecular weight is 441 g/mol. The minimum atomic E-state index is -4.08. The second kappa shape index (κ2) is 7.45. The van der Waals surface area contributed by atoms with Gasteiger partial charge in [-0.05, 0) is 61.7 Å². The van der Waals surface area contributed by atoms with Crippen LogP contribution in [0.15, 0.2) is 65.6 Å². The summed E-state index contributed by atoms with van der Waals surface area (Å²) in [7, 11) is -4.08. The van der Waals surface area contributed by atoms with Gasteiger partial charge in [0.15, 0.2) is 0 Å². The summed E-state index contributed by atoms with van der Waals surface area (Å²) >= 11 is 6.14. The standard InChI is InChI=1S/C23H21ClN2O3S/c1-15-8-9-16(2)18(12-15)14-25-20-6-4-5-7-22(20)30(28,29)26(23(25)27)21-13-19(24)11-10-17(21)3/h4-13H,14H2,1-3H3. The maximum Gasteiger partial charge on any atom is 0.343 e. The molecule has 1 aliphatic heterocycles. The highest BCUT2D eigenvalue weighted by Gasteiger charge is 2.43. The molecule has 5 nitrogen and oxygen atoms in total. The molecule has 0 atom stereocenters. The van der Waals surface area contributed by atoms with E-state index in [4.69, 9.17) is 11.6 Å². The predicted molar refractivity (Wildman–Crippen MR) is 120 cm³/mol. The Balaban J connectivity index is 1.92. The molecule has 0 N–H and O–H groups in total. The Morgan fingerprint density at radius 2 is 1.57 bits per heavy atom. The van der Waals surface area contributed by atoms with Crippen LogP contribution in [0.3, 0.4) is 0 Å². The first kappa shape index (κ1) is 20.4. The molecule has 0 saturated carbocycles. The highest BCUT2D eigenvalue weighted by atomic mass is 35.5. The van der Waals surface area contributed by atoms with Crippen LogP contribution in [0.5, 0.6) is 0 Å². The van der Waals surface area contributed by atoms with Gasteiger partial charge in [0.2, 0.25) is 0 Å². The predicted octanol–water partition coefficient (Wildman–Crippen LogP) is 5.60. The Morgan fingerprint density at radius 1 is 0.867 bits per heavy atom. The summed E-state index contributed by atoms with van der Waals surface area (Å²) in [5.41, 5.74) is 4.34. The van der Waals surface area contributed by atoms with Crippen molar-refractivity contribution in [3.63, 3.8) is 0 Å². The van der Waals surface area contributed by atoms with E-state index in [1.807, 2.05) is 32.0 Å². The SMILES string of the molecule is Cc1ccc(C)c(CN2C(=O)N(c3cc(Cl)ccc3C)S(=O)(=O)c3ccccc32)c1. The number of amides is 2. The van der Waals surface area contributed by atoms with Crippen molar-refractivity contribution in [3.05, 3.63) is 87.9 Å². The molecule has 0 aliphatic carbocycles. The maximum atomic E-state index is 13.6. The topological polar surface area (TPSA) is 57.7 Å². The first-order valence-electron chi connectivity index (χ1n) is 9.48. The number of nitrogens with zero attached hydrogens (tertiary/aromatic N) is 2. The number of carbonyl (C=O) groups excluding carboxylic acids is 1. The summed E-state index contributed by atoms with van der Waals surface area (Å²) in [4.78, 5) is 15.2. The van der Waals surface area contributed by atoms with E-state index in [2.05, 4.69) is 0 Å². The number of anilines is 2. The van der Waals surface area contributed by atoms with Gasteiger partial charge < -0.3 is 0 Å². The monoisotopic (exact) mass is 440 g/mol. The minimum Gasteiger partial charge on any atom is -0.287 e. The summed E-state index contributed by atoms with van der Waals surface area (Å²) < 4.78 is 27.7. The van der Waals surface area contributed by atoms with Crippen molar-refractivity contribution in [3.8, 4) is 0 Å². The van der Waals surface area contributed by atoms with Gasteiger partial charge in [0.05, 0.1) is 17.9 Å².